The lowest BCUT2D eigenvalue weighted by molar-refractivity contribution is 0.0526. The fourth-order valence-corrected chi connectivity index (χ4v) is 2.95. The van der Waals surface area contributed by atoms with Crippen LogP contribution >= 0.6 is 0 Å². The van der Waals surface area contributed by atoms with E-state index in [1.807, 2.05) is 36.4 Å². The van der Waals surface area contributed by atoms with Crippen molar-refractivity contribution in [3.05, 3.63) is 102 Å². The summed E-state index contributed by atoms with van der Waals surface area (Å²) in [6.07, 6.45) is 1.74. The Balaban J connectivity index is 1.72. The molecule has 0 radical (unpaired) electrons. The first-order chi connectivity index (χ1) is 13.3. The summed E-state index contributed by atoms with van der Waals surface area (Å²) in [5, 5.41) is 0. The number of esters is 1. The third-order valence-electron chi connectivity index (χ3n) is 4.35. The summed E-state index contributed by atoms with van der Waals surface area (Å²) in [5.74, 6) is 0.428. The first-order valence-corrected chi connectivity index (χ1v) is 9.29. The molecule has 0 aliphatic heterocycles. The zero-order valence-electron chi connectivity index (χ0n) is 15.5. The Bertz CT molecular complexity index is 827. The van der Waals surface area contributed by atoms with E-state index in [2.05, 4.69) is 36.4 Å². The topological polar surface area (TPSA) is 35.5 Å². The van der Waals surface area contributed by atoms with Crippen LogP contribution in [0, 0.1) is 0 Å². The van der Waals surface area contributed by atoms with E-state index >= 15 is 0 Å². The van der Waals surface area contributed by atoms with E-state index in [1.165, 1.54) is 5.56 Å². The molecule has 0 aromatic heterocycles. The molecule has 0 aliphatic carbocycles. The van der Waals surface area contributed by atoms with E-state index in [-0.39, 0.29) is 12.1 Å². The fraction of sp³-hybridized carbons (Fsp3) is 0.208. The van der Waals surface area contributed by atoms with Crippen LogP contribution in [0.4, 0.5) is 0 Å². The predicted molar refractivity (Wildman–Crippen MR) is 107 cm³/mol. The monoisotopic (exact) mass is 360 g/mol. The van der Waals surface area contributed by atoms with Crippen molar-refractivity contribution in [3.8, 4) is 5.75 Å². The van der Waals surface area contributed by atoms with Crippen LogP contribution in [0.25, 0.3) is 0 Å². The minimum atomic E-state index is -0.312. The molecule has 0 fully saturated rings. The van der Waals surface area contributed by atoms with Gasteiger partial charge in [0, 0.05) is 0 Å². The largest absolute Gasteiger partial charge is 0.486 e. The number of aryl methyl sites for hydroxylation is 1. The van der Waals surface area contributed by atoms with Gasteiger partial charge in [-0.05, 0) is 55.2 Å². The highest BCUT2D eigenvalue weighted by Gasteiger charge is 2.14. The van der Waals surface area contributed by atoms with Gasteiger partial charge in [0.1, 0.15) is 11.9 Å². The van der Waals surface area contributed by atoms with Gasteiger partial charge in [-0.15, -0.1) is 0 Å². The van der Waals surface area contributed by atoms with Crippen molar-refractivity contribution < 1.29 is 14.3 Å². The Morgan fingerprint density at radius 3 is 2.11 bits per heavy atom. The summed E-state index contributed by atoms with van der Waals surface area (Å²) in [6.45, 7) is 2.17. The highest BCUT2D eigenvalue weighted by Crippen LogP contribution is 2.26. The van der Waals surface area contributed by atoms with Crippen molar-refractivity contribution in [2.75, 3.05) is 6.61 Å². The summed E-state index contributed by atoms with van der Waals surface area (Å²) >= 11 is 0. The van der Waals surface area contributed by atoms with Gasteiger partial charge >= 0.3 is 5.97 Å². The molecule has 0 spiro atoms. The van der Waals surface area contributed by atoms with Crippen LogP contribution in [0.3, 0.4) is 0 Å². The fourth-order valence-electron chi connectivity index (χ4n) is 2.95. The molecule has 0 N–H and O–H groups in total. The molecule has 3 nitrogen and oxygen atoms in total. The first-order valence-electron chi connectivity index (χ1n) is 9.29. The molecule has 3 aromatic carbocycles. The molecular formula is C24H24O3. The van der Waals surface area contributed by atoms with Crippen molar-refractivity contribution >= 4 is 5.97 Å². The van der Waals surface area contributed by atoms with Crippen LogP contribution in [0.15, 0.2) is 84.9 Å². The summed E-state index contributed by atoms with van der Waals surface area (Å²) in [7, 11) is 0. The van der Waals surface area contributed by atoms with Gasteiger partial charge in [-0.3, -0.25) is 0 Å². The lowest BCUT2D eigenvalue weighted by atomic mass is 10.0. The van der Waals surface area contributed by atoms with Crippen molar-refractivity contribution in [3.63, 3.8) is 0 Å². The van der Waals surface area contributed by atoms with Gasteiger partial charge in [-0.2, -0.15) is 0 Å². The molecule has 138 valence electrons. The van der Waals surface area contributed by atoms with Crippen LogP contribution in [0.5, 0.6) is 5.75 Å². The molecule has 3 heteroatoms. The molecule has 0 amide bonds. The van der Waals surface area contributed by atoms with Gasteiger partial charge < -0.3 is 9.47 Å². The smallest absolute Gasteiger partial charge is 0.338 e. The zero-order valence-corrected chi connectivity index (χ0v) is 15.5. The quantitative estimate of drug-likeness (QED) is 0.489. The Morgan fingerprint density at radius 2 is 1.48 bits per heavy atom. The average molecular weight is 360 g/mol. The maximum Gasteiger partial charge on any atom is 0.338 e. The summed E-state index contributed by atoms with van der Waals surface area (Å²) in [5.41, 5.74) is 2.97. The van der Waals surface area contributed by atoms with E-state index in [9.17, 15) is 4.79 Å². The van der Waals surface area contributed by atoms with Gasteiger partial charge in [-0.1, -0.05) is 60.7 Å². The summed E-state index contributed by atoms with van der Waals surface area (Å²) < 4.78 is 11.3. The molecule has 3 aromatic rings. The third kappa shape index (κ3) is 5.45. The molecule has 0 heterocycles. The highest BCUT2D eigenvalue weighted by atomic mass is 16.5. The molecule has 0 saturated heterocycles. The second-order valence-electron chi connectivity index (χ2n) is 6.29. The Morgan fingerprint density at radius 1 is 0.852 bits per heavy atom. The number of benzene rings is 3. The second-order valence-corrected chi connectivity index (χ2v) is 6.29. The van der Waals surface area contributed by atoms with Gasteiger partial charge in [-0.25, -0.2) is 4.79 Å². The van der Waals surface area contributed by atoms with Crippen LogP contribution in [-0.2, 0) is 11.2 Å². The Kier molecular flexibility index (Phi) is 6.64. The number of carbonyl (C=O) groups is 1. The van der Waals surface area contributed by atoms with Crippen molar-refractivity contribution in [1.29, 1.82) is 0 Å². The Hall–Kier alpha value is -3.07. The van der Waals surface area contributed by atoms with Crippen LogP contribution in [0.2, 0.25) is 0 Å². The molecule has 27 heavy (non-hydrogen) atoms. The molecule has 3 rings (SSSR count). The van der Waals surface area contributed by atoms with E-state index < -0.39 is 0 Å². The maximum absolute atomic E-state index is 11.8. The van der Waals surface area contributed by atoms with E-state index in [1.54, 1.807) is 19.1 Å². The van der Waals surface area contributed by atoms with Gasteiger partial charge in [0.15, 0.2) is 0 Å². The molecule has 0 bridgehead atoms. The number of ether oxygens (including phenoxy) is 2. The minimum absolute atomic E-state index is 0.0557. The number of rotatable bonds is 8. The van der Waals surface area contributed by atoms with Crippen molar-refractivity contribution in [2.45, 2.75) is 25.9 Å². The summed E-state index contributed by atoms with van der Waals surface area (Å²) in [6, 6.07) is 27.8. The zero-order chi connectivity index (χ0) is 18.9. The Labute approximate surface area is 160 Å². The summed E-state index contributed by atoms with van der Waals surface area (Å²) in [4.78, 5) is 11.8. The van der Waals surface area contributed by atoms with Gasteiger partial charge in [0.25, 0.3) is 0 Å². The lowest BCUT2D eigenvalue weighted by Gasteiger charge is -2.20. The van der Waals surface area contributed by atoms with Gasteiger partial charge in [0.2, 0.25) is 0 Å². The molecule has 1 unspecified atom stereocenters. The average Bonchev–Trinajstić information content (AvgIpc) is 2.73. The second kappa shape index (κ2) is 9.58. The van der Waals surface area contributed by atoms with Crippen molar-refractivity contribution in [2.24, 2.45) is 0 Å². The standard InChI is InChI=1S/C24H24O3/c1-2-26-24(25)21-14-16-22(17-15-21)27-23(20-11-7-4-8-12-20)18-13-19-9-5-3-6-10-19/h3-12,14-17,23H,2,13,18H2,1H3. The molecular weight excluding hydrogens is 336 g/mol. The number of carbonyl (C=O) groups excluding carboxylic acids is 1. The maximum atomic E-state index is 11.8. The van der Waals surface area contributed by atoms with Crippen LogP contribution in [-0.4, -0.2) is 12.6 Å². The van der Waals surface area contributed by atoms with E-state index in [0.29, 0.717) is 12.2 Å². The molecule has 0 saturated carbocycles. The first kappa shape index (κ1) is 18.7. The number of hydrogen-bond acceptors (Lipinski definition) is 3. The lowest BCUT2D eigenvalue weighted by Crippen LogP contribution is -2.09. The van der Waals surface area contributed by atoms with Gasteiger partial charge in [0.05, 0.1) is 12.2 Å². The van der Waals surface area contributed by atoms with Crippen LogP contribution < -0.4 is 4.74 Å². The SMILES string of the molecule is CCOC(=O)c1ccc(OC(CCc2ccccc2)c2ccccc2)cc1. The molecule has 0 aliphatic rings. The predicted octanol–water partition coefficient (Wildman–Crippen LogP) is 5.62. The minimum Gasteiger partial charge on any atom is -0.486 e. The highest BCUT2D eigenvalue weighted by molar-refractivity contribution is 5.89. The number of hydrogen-bond donors (Lipinski definition) is 0. The van der Waals surface area contributed by atoms with Crippen molar-refractivity contribution in [1.82, 2.24) is 0 Å². The van der Waals surface area contributed by atoms with E-state index in [0.717, 1.165) is 24.2 Å². The molecule has 1 atom stereocenters. The third-order valence-corrected chi connectivity index (χ3v) is 4.35. The van der Waals surface area contributed by atoms with Crippen LogP contribution in [0.1, 0.15) is 40.9 Å². The van der Waals surface area contributed by atoms with E-state index in [4.69, 9.17) is 9.47 Å². The normalized spacial score (nSPS) is 11.6.